The first-order valence-corrected chi connectivity index (χ1v) is 10.7. The summed E-state index contributed by atoms with van der Waals surface area (Å²) in [7, 11) is -2.12. The van der Waals surface area contributed by atoms with E-state index in [1.54, 1.807) is 53.2 Å². The third-order valence-electron chi connectivity index (χ3n) is 4.97. The number of benzene rings is 1. The highest BCUT2D eigenvalue weighted by atomic mass is 32.2. The molecule has 0 spiro atoms. The molecular weight excluding hydrogens is 380 g/mol. The highest BCUT2D eigenvalue weighted by Crippen LogP contribution is 2.28. The second-order valence-corrected chi connectivity index (χ2v) is 8.84. The lowest BCUT2D eigenvalue weighted by molar-refractivity contribution is -0.131. The van der Waals surface area contributed by atoms with Gasteiger partial charge in [-0.05, 0) is 38.0 Å². The molecule has 1 unspecified atom stereocenters. The molecule has 1 atom stereocenters. The molecule has 8 nitrogen and oxygen atoms in total. The van der Waals surface area contributed by atoms with Crippen LogP contribution in [0.15, 0.2) is 47.5 Å². The lowest BCUT2D eigenvalue weighted by Gasteiger charge is -2.30. The number of amides is 1. The van der Waals surface area contributed by atoms with Crippen LogP contribution in [0.2, 0.25) is 0 Å². The Kier molecular flexibility index (Phi) is 6.17. The van der Waals surface area contributed by atoms with Gasteiger partial charge in [-0.15, -0.1) is 0 Å². The van der Waals surface area contributed by atoms with Crippen LogP contribution in [-0.4, -0.2) is 61.4 Å². The molecule has 152 valence electrons. The molecule has 1 aromatic heterocycles. The highest BCUT2D eigenvalue weighted by molar-refractivity contribution is 7.89. The largest absolute Gasteiger partial charge is 0.385 e. The fourth-order valence-electron chi connectivity index (χ4n) is 3.45. The van der Waals surface area contributed by atoms with Crippen molar-refractivity contribution in [2.45, 2.75) is 36.7 Å². The van der Waals surface area contributed by atoms with Crippen molar-refractivity contribution in [1.82, 2.24) is 19.4 Å². The summed E-state index contributed by atoms with van der Waals surface area (Å²) in [5.74, 6) is -0.0821. The molecular formula is C19H26N4O4S. The molecule has 1 fully saturated rings. The number of nitrogens with zero attached hydrogens (tertiary/aromatic N) is 3. The van der Waals surface area contributed by atoms with E-state index in [4.69, 9.17) is 4.74 Å². The molecule has 9 heteroatoms. The Balaban J connectivity index is 1.74. The third kappa shape index (κ3) is 4.78. The van der Waals surface area contributed by atoms with Crippen LogP contribution in [0.1, 0.15) is 18.5 Å². The van der Waals surface area contributed by atoms with Gasteiger partial charge in [0, 0.05) is 33.0 Å². The van der Waals surface area contributed by atoms with Crippen LogP contribution in [0, 0.1) is 6.92 Å². The number of aryl methyl sites for hydroxylation is 1. The Morgan fingerprint density at radius 2 is 2.04 bits per heavy atom. The second-order valence-electron chi connectivity index (χ2n) is 7.16. The summed E-state index contributed by atoms with van der Waals surface area (Å²) in [6.45, 7) is 3.20. The molecule has 0 radical (unpaired) electrons. The lowest BCUT2D eigenvalue weighted by Crippen LogP contribution is -2.51. The number of hydrogen-bond donors (Lipinski definition) is 1. The molecule has 1 saturated heterocycles. The Morgan fingerprint density at radius 1 is 1.29 bits per heavy atom. The zero-order valence-electron chi connectivity index (χ0n) is 16.2. The fourth-order valence-corrected chi connectivity index (χ4v) is 4.93. The SMILES string of the molecule is COCCC1(NS(=O)(=O)c2ccccc2)CCN(C(=O)Cn2ccc(C)n2)C1. The number of rotatable bonds is 8. The van der Waals surface area contributed by atoms with E-state index in [2.05, 4.69) is 9.82 Å². The predicted octanol–water partition coefficient (Wildman–Crippen LogP) is 1.18. The van der Waals surface area contributed by atoms with E-state index in [0.717, 1.165) is 5.69 Å². The average Bonchev–Trinajstić information content (AvgIpc) is 3.27. The molecule has 1 amide bonds. The molecule has 1 aromatic carbocycles. The third-order valence-corrected chi connectivity index (χ3v) is 6.56. The van der Waals surface area contributed by atoms with Gasteiger partial charge in [0.05, 0.1) is 16.1 Å². The van der Waals surface area contributed by atoms with Crippen LogP contribution in [0.3, 0.4) is 0 Å². The number of nitrogens with one attached hydrogen (secondary N) is 1. The van der Waals surface area contributed by atoms with Crippen molar-refractivity contribution in [1.29, 1.82) is 0 Å². The standard InChI is InChI=1S/C19H26N4O4S/c1-16-8-11-23(20-16)14-18(24)22-12-9-19(15-22,10-13-27-2)21-28(25,26)17-6-4-3-5-7-17/h3-8,11,21H,9-10,12-15H2,1-2H3. The summed E-state index contributed by atoms with van der Waals surface area (Å²) >= 11 is 0. The Labute approximate surface area is 165 Å². The Morgan fingerprint density at radius 3 is 2.68 bits per heavy atom. The van der Waals surface area contributed by atoms with E-state index in [9.17, 15) is 13.2 Å². The maximum Gasteiger partial charge on any atom is 0.244 e. The zero-order valence-corrected chi connectivity index (χ0v) is 17.0. The predicted molar refractivity (Wildman–Crippen MR) is 104 cm³/mol. The number of ether oxygens (including phenoxy) is 1. The second kappa shape index (κ2) is 8.42. The van der Waals surface area contributed by atoms with E-state index >= 15 is 0 Å². The van der Waals surface area contributed by atoms with Crippen molar-refractivity contribution in [3.63, 3.8) is 0 Å². The van der Waals surface area contributed by atoms with E-state index in [1.165, 1.54) is 0 Å². The normalized spacial score (nSPS) is 19.9. The topological polar surface area (TPSA) is 93.5 Å². The van der Waals surface area contributed by atoms with Crippen LogP contribution in [0.5, 0.6) is 0 Å². The van der Waals surface area contributed by atoms with Crippen LogP contribution in [-0.2, 0) is 26.1 Å². The summed E-state index contributed by atoms with van der Waals surface area (Å²) in [4.78, 5) is 14.6. The van der Waals surface area contributed by atoms with Gasteiger partial charge in [-0.2, -0.15) is 5.10 Å². The molecule has 1 N–H and O–H groups in total. The monoisotopic (exact) mass is 406 g/mol. The molecule has 1 aliphatic heterocycles. The maximum atomic E-state index is 12.9. The van der Waals surface area contributed by atoms with Gasteiger partial charge < -0.3 is 9.64 Å². The van der Waals surface area contributed by atoms with Crippen LogP contribution < -0.4 is 4.72 Å². The number of sulfonamides is 1. The van der Waals surface area contributed by atoms with Gasteiger partial charge in [-0.25, -0.2) is 13.1 Å². The van der Waals surface area contributed by atoms with Gasteiger partial charge in [0.1, 0.15) is 6.54 Å². The van der Waals surface area contributed by atoms with Crippen molar-refractivity contribution in [3.05, 3.63) is 48.3 Å². The van der Waals surface area contributed by atoms with Gasteiger partial charge >= 0.3 is 0 Å². The molecule has 0 bridgehead atoms. The first-order valence-electron chi connectivity index (χ1n) is 9.19. The van der Waals surface area contributed by atoms with Crippen molar-refractivity contribution < 1.29 is 17.9 Å². The zero-order chi connectivity index (χ0) is 20.2. The number of likely N-dealkylation sites (tertiary alicyclic amines) is 1. The average molecular weight is 407 g/mol. The first kappa shape index (κ1) is 20.5. The Bertz CT molecular complexity index is 913. The lowest BCUT2D eigenvalue weighted by atomic mass is 9.96. The Hall–Kier alpha value is -2.23. The summed E-state index contributed by atoms with van der Waals surface area (Å²) < 4.78 is 35.4. The number of carbonyl (C=O) groups is 1. The maximum absolute atomic E-state index is 12.9. The minimum Gasteiger partial charge on any atom is -0.385 e. The van der Waals surface area contributed by atoms with E-state index in [1.807, 2.05) is 13.0 Å². The van der Waals surface area contributed by atoms with Crippen molar-refractivity contribution in [3.8, 4) is 0 Å². The van der Waals surface area contributed by atoms with Crippen molar-refractivity contribution in [2.24, 2.45) is 0 Å². The molecule has 2 aromatic rings. The van der Waals surface area contributed by atoms with Crippen molar-refractivity contribution in [2.75, 3.05) is 26.8 Å². The van der Waals surface area contributed by atoms with Gasteiger partial charge in [0.25, 0.3) is 0 Å². The van der Waals surface area contributed by atoms with Crippen LogP contribution in [0.4, 0.5) is 0 Å². The van der Waals surface area contributed by atoms with Crippen LogP contribution >= 0.6 is 0 Å². The first-order chi connectivity index (χ1) is 13.3. The smallest absolute Gasteiger partial charge is 0.244 e. The summed E-state index contributed by atoms with van der Waals surface area (Å²) in [5, 5.41) is 4.24. The summed E-state index contributed by atoms with van der Waals surface area (Å²) in [6.07, 6.45) is 2.78. The minimum atomic E-state index is -3.70. The molecule has 0 aliphatic carbocycles. The molecule has 2 heterocycles. The van der Waals surface area contributed by atoms with E-state index in [0.29, 0.717) is 32.5 Å². The van der Waals surface area contributed by atoms with Gasteiger partial charge in [-0.3, -0.25) is 9.48 Å². The molecule has 1 aliphatic rings. The number of carbonyl (C=O) groups excluding carboxylic acids is 1. The quantitative estimate of drug-likeness (QED) is 0.711. The van der Waals surface area contributed by atoms with Gasteiger partial charge in [0.15, 0.2) is 0 Å². The molecule has 28 heavy (non-hydrogen) atoms. The number of aromatic nitrogens is 2. The molecule has 3 rings (SSSR count). The number of hydrogen-bond acceptors (Lipinski definition) is 5. The summed E-state index contributed by atoms with van der Waals surface area (Å²) in [5.41, 5.74) is 0.0969. The number of methoxy groups -OCH3 is 1. The summed E-state index contributed by atoms with van der Waals surface area (Å²) in [6, 6.07) is 10.1. The minimum absolute atomic E-state index is 0.0821. The van der Waals surface area contributed by atoms with Crippen LogP contribution in [0.25, 0.3) is 0 Å². The van der Waals surface area contributed by atoms with E-state index < -0.39 is 15.6 Å². The molecule has 0 saturated carbocycles. The highest BCUT2D eigenvalue weighted by Gasteiger charge is 2.42. The van der Waals surface area contributed by atoms with Gasteiger partial charge in [0.2, 0.25) is 15.9 Å². The van der Waals surface area contributed by atoms with Crippen molar-refractivity contribution >= 4 is 15.9 Å². The van der Waals surface area contributed by atoms with E-state index in [-0.39, 0.29) is 17.3 Å². The van der Waals surface area contributed by atoms with Gasteiger partial charge in [-0.1, -0.05) is 18.2 Å². The fraction of sp³-hybridized carbons (Fsp3) is 0.474.